The van der Waals surface area contributed by atoms with Crippen LogP contribution in [-0.2, 0) is 0 Å². The van der Waals surface area contributed by atoms with Crippen molar-refractivity contribution in [2.24, 2.45) is 0 Å². The molecule has 0 amide bonds. The van der Waals surface area contributed by atoms with Gasteiger partial charge in [0.1, 0.15) is 5.82 Å². The molecule has 2 rings (SSSR count). The normalized spacial score (nSPS) is 10.3. The monoisotopic (exact) mass is 224 g/mol. The summed E-state index contributed by atoms with van der Waals surface area (Å²) in [5.74, 6) is -0.409. The average molecular weight is 225 g/mol. The number of aromatic amines is 1. The summed E-state index contributed by atoms with van der Waals surface area (Å²) in [4.78, 5) is 2.97. The van der Waals surface area contributed by atoms with Crippen LogP contribution in [0.4, 0.5) is 15.8 Å². The summed E-state index contributed by atoms with van der Waals surface area (Å²) in [6.45, 7) is 1.98. The summed E-state index contributed by atoms with van der Waals surface area (Å²) in [5.41, 5.74) is 2.82. The lowest BCUT2D eigenvalue weighted by atomic mass is 10.2. The molecule has 1 aromatic heterocycles. The van der Waals surface area contributed by atoms with Crippen LogP contribution in [0.1, 0.15) is 5.56 Å². The van der Waals surface area contributed by atoms with E-state index in [4.69, 9.17) is 11.6 Å². The van der Waals surface area contributed by atoms with Crippen molar-refractivity contribution in [1.82, 2.24) is 4.98 Å². The zero-order valence-corrected chi connectivity index (χ0v) is 8.90. The molecule has 0 saturated heterocycles. The molecule has 0 spiro atoms. The Labute approximate surface area is 92.1 Å². The van der Waals surface area contributed by atoms with E-state index in [1.807, 2.05) is 19.3 Å². The molecule has 2 aromatic rings. The van der Waals surface area contributed by atoms with E-state index in [1.54, 1.807) is 12.1 Å². The molecule has 2 nitrogen and oxygen atoms in total. The second-order valence-corrected chi connectivity index (χ2v) is 3.71. The van der Waals surface area contributed by atoms with Crippen LogP contribution in [0.25, 0.3) is 0 Å². The molecule has 1 aromatic carbocycles. The molecule has 0 saturated carbocycles. The number of aromatic nitrogens is 1. The van der Waals surface area contributed by atoms with Gasteiger partial charge in [-0.25, -0.2) is 4.39 Å². The molecule has 78 valence electrons. The minimum absolute atomic E-state index is 0.119. The first-order valence-electron chi connectivity index (χ1n) is 4.52. The lowest BCUT2D eigenvalue weighted by Crippen LogP contribution is -1.90. The van der Waals surface area contributed by atoms with E-state index < -0.39 is 5.82 Å². The van der Waals surface area contributed by atoms with Gasteiger partial charge in [0, 0.05) is 18.1 Å². The first-order chi connectivity index (χ1) is 7.16. The number of hydrogen-bond donors (Lipinski definition) is 2. The van der Waals surface area contributed by atoms with E-state index in [2.05, 4.69) is 10.3 Å². The summed E-state index contributed by atoms with van der Waals surface area (Å²) in [6.07, 6.45) is 3.72. The molecule has 0 unspecified atom stereocenters. The third kappa shape index (κ3) is 2.13. The van der Waals surface area contributed by atoms with Crippen molar-refractivity contribution in [3.8, 4) is 0 Å². The van der Waals surface area contributed by atoms with E-state index in [0.29, 0.717) is 0 Å². The second-order valence-electron chi connectivity index (χ2n) is 3.31. The zero-order chi connectivity index (χ0) is 10.8. The van der Waals surface area contributed by atoms with Crippen LogP contribution < -0.4 is 5.32 Å². The smallest absolute Gasteiger partial charge is 0.141 e. The van der Waals surface area contributed by atoms with Gasteiger partial charge in [-0.15, -0.1) is 0 Å². The van der Waals surface area contributed by atoms with Gasteiger partial charge in [0.2, 0.25) is 0 Å². The minimum atomic E-state index is -0.409. The summed E-state index contributed by atoms with van der Waals surface area (Å²) in [6, 6.07) is 4.55. The maximum absolute atomic E-state index is 12.9. The molecule has 0 fully saturated rings. The number of halogens is 2. The quantitative estimate of drug-likeness (QED) is 0.797. The summed E-state index contributed by atoms with van der Waals surface area (Å²) >= 11 is 5.67. The fourth-order valence-corrected chi connectivity index (χ4v) is 1.49. The van der Waals surface area contributed by atoms with Crippen LogP contribution in [0.5, 0.6) is 0 Å². The molecular weight excluding hydrogens is 215 g/mol. The van der Waals surface area contributed by atoms with Crippen molar-refractivity contribution >= 4 is 23.0 Å². The van der Waals surface area contributed by atoms with E-state index >= 15 is 0 Å². The highest BCUT2D eigenvalue weighted by Gasteiger charge is 2.02. The van der Waals surface area contributed by atoms with Gasteiger partial charge in [-0.05, 0) is 30.7 Å². The van der Waals surface area contributed by atoms with Crippen LogP contribution in [-0.4, -0.2) is 4.98 Å². The molecule has 15 heavy (non-hydrogen) atoms. The highest BCUT2D eigenvalue weighted by Crippen LogP contribution is 2.24. The third-order valence-electron chi connectivity index (χ3n) is 2.15. The molecule has 4 heteroatoms. The SMILES string of the molecule is Cc1c[nH]cc1Nc1ccc(F)c(Cl)c1. The van der Waals surface area contributed by atoms with Crippen LogP contribution in [0.15, 0.2) is 30.6 Å². The van der Waals surface area contributed by atoms with E-state index in [1.165, 1.54) is 6.07 Å². The van der Waals surface area contributed by atoms with Gasteiger partial charge in [0.25, 0.3) is 0 Å². The number of aryl methyl sites for hydroxylation is 1. The molecule has 0 atom stereocenters. The Morgan fingerprint density at radius 1 is 1.33 bits per heavy atom. The predicted octanol–water partition coefficient (Wildman–Crippen LogP) is 3.86. The average Bonchev–Trinajstić information content (AvgIpc) is 2.59. The molecule has 0 bridgehead atoms. The standard InChI is InChI=1S/C11H10ClFN2/c1-7-5-14-6-11(7)15-8-2-3-10(13)9(12)4-8/h2-6,14-15H,1H3. The van der Waals surface area contributed by atoms with Crippen LogP contribution in [0, 0.1) is 12.7 Å². The topological polar surface area (TPSA) is 27.8 Å². The second kappa shape index (κ2) is 3.95. The number of anilines is 2. The Morgan fingerprint density at radius 3 is 2.73 bits per heavy atom. The van der Waals surface area contributed by atoms with Crippen LogP contribution in [0.3, 0.4) is 0 Å². The van der Waals surface area contributed by atoms with Gasteiger partial charge in [-0.1, -0.05) is 11.6 Å². The fourth-order valence-electron chi connectivity index (χ4n) is 1.31. The first kappa shape index (κ1) is 10.1. The lowest BCUT2D eigenvalue weighted by Gasteiger charge is -2.05. The maximum atomic E-state index is 12.9. The summed E-state index contributed by atoms with van der Waals surface area (Å²) in [7, 11) is 0. The van der Waals surface area contributed by atoms with Gasteiger partial charge in [0.15, 0.2) is 0 Å². The number of nitrogens with one attached hydrogen (secondary N) is 2. The zero-order valence-electron chi connectivity index (χ0n) is 8.14. The third-order valence-corrected chi connectivity index (χ3v) is 2.44. The van der Waals surface area contributed by atoms with Gasteiger partial charge in [-0.2, -0.15) is 0 Å². The van der Waals surface area contributed by atoms with Gasteiger partial charge in [-0.3, -0.25) is 0 Å². The summed E-state index contributed by atoms with van der Waals surface area (Å²) in [5, 5.41) is 3.26. The van der Waals surface area contributed by atoms with Crippen molar-refractivity contribution in [2.45, 2.75) is 6.92 Å². The van der Waals surface area contributed by atoms with Crippen molar-refractivity contribution in [2.75, 3.05) is 5.32 Å². The number of rotatable bonds is 2. The highest BCUT2D eigenvalue weighted by molar-refractivity contribution is 6.31. The first-order valence-corrected chi connectivity index (χ1v) is 4.90. The largest absolute Gasteiger partial charge is 0.366 e. The Morgan fingerprint density at radius 2 is 2.13 bits per heavy atom. The maximum Gasteiger partial charge on any atom is 0.141 e. The van der Waals surface area contributed by atoms with E-state index in [9.17, 15) is 4.39 Å². The number of H-pyrrole nitrogens is 1. The Hall–Kier alpha value is -1.48. The highest BCUT2D eigenvalue weighted by atomic mass is 35.5. The van der Waals surface area contributed by atoms with Crippen LogP contribution >= 0.6 is 11.6 Å². The van der Waals surface area contributed by atoms with E-state index in [-0.39, 0.29) is 5.02 Å². The van der Waals surface area contributed by atoms with Crippen molar-refractivity contribution in [1.29, 1.82) is 0 Å². The molecular formula is C11H10ClFN2. The molecule has 1 heterocycles. The minimum Gasteiger partial charge on any atom is -0.366 e. The Kier molecular flexibility index (Phi) is 2.64. The Bertz CT molecular complexity index is 479. The number of benzene rings is 1. The van der Waals surface area contributed by atoms with Crippen molar-refractivity contribution in [3.05, 3.63) is 47.0 Å². The van der Waals surface area contributed by atoms with Gasteiger partial charge in [0.05, 0.1) is 10.7 Å². The van der Waals surface area contributed by atoms with Gasteiger partial charge >= 0.3 is 0 Å². The predicted molar refractivity (Wildman–Crippen MR) is 60.2 cm³/mol. The van der Waals surface area contributed by atoms with Crippen molar-refractivity contribution < 1.29 is 4.39 Å². The lowest BCUT2D eigenvalue weighted by molar-refractivity contribution is 0.628. The van der Waals surface area contributed by atoms with Gasteiger partial charge < -0.3 is 10.3 Å². The Balaban J connectivity index is 2.25. The molecule has 0 aliphatic carbocycles. The van der Waals surface area contributed by atoms with Crippen molar-refractivity contribution in [3.63, 3.8) is 0 Å². The molecule has 2 N–H and O–H groups in total. The summed E-state index contributed by atoms with van der Waals surface area (Å²) < 4.78 is 12.9. The molecule has 0 aliphatic rings. The van der Waals surface area contributed by atoms with Crippen LogP contribution in [0.2, 0.25) is 5.02 Å². The fraction of sp³-hybridized carbons (Fsp3) is 0.0909. The van der Waals surface area contributed by atoms with E-state index in [0.717, 1.165) is 16.9 Å². The number of hydrogen-bond acceptors (Lipinski definition) is 1. The molecule has 0 radical (unpaired) electrons. The molecule has 0 aliphatic heterocycles.